The minimum absolute atomic E-state index is 0.0337. The summed E-state index contributed by atoms with van der Waals surface area (Å²) in [6.45, 7) is 3.85. The molecule has 1 amide bonds. The van der Waals surface area contributed by atoms with Crippen LogP contribution in [0.1, 0.15) is 19.4 Å². The summed E-state index contributed by atoms with van der Waals surface area (Å²) >= 11 is 1.06. The van der Waals surface area contributed by atoms with Gasteiger partial charge in [-0.3, -0.25) is 14.2 Å². The van der Waals surface area contributed by atoms with Crippen LogP contribution in [0, 0.1) is 11.3 Å². The van der Waals surface area contributed by atoms with Gasteiger partial charge in [-0.15, -0.1) is 11.3 Å². The fraction of sp³-hybridized carbons (Fsp3) is 0.167. The number of rotatable bonds is 8. The van der Waals surface area contributed by atoms with Gasteiger partial charge in [0.2, 0.25) is 0 Å². The number of hydrogen-bond donors (Lipinski definition) is 1. The zero-order valence-electron chi connectivity index (χ0n) is 21.9. The maximum atomic E-state index is 13.7. The van der Waals surface area contributed by atoms with E-state index in [-0.39, 0.29) is 21.9 Å². The Hall–Kier alpha value is -4.81. The average Bonchev–Trinajstić information content (AvgIpc) is 3.25. The average molecular weight is 542 g/mol. The van der Waals surface area contributed by atoms with Crippen LogP contribution in [0.4, 0.5) is 5.69 Å². The van der Waals surface area contributed by atoms with E-state index in [1.807, 2.05) is 32.0 Å². The Labute approximate surface area is 229 Å². The number of thiazole rings is 1. The van der Waals surface area contributed by atoms with Gasteiger partial charge in [-0.1, -0.05) is 36.4 Å². The third-order valence-corrected chi connectivity index (χ3v) is 6.69. The number of carbonyl (C=O) groups excluding carboxylic acids is 1. The molecular formula is C30H27N3O5S. The molecule has 4 rings (SSSR count). The van der Waals surface area contributed by atoms with Crippen molar-refractivity contribution in [3.05, 3.63) is 97.9 Å². The van der Waals surface area contributed by atoms with Crippen molar-refractivity contribution in [2.75, 3.05) is 19.5 Å². The second-order valence-corrected chi connectivity index (χ2v) is 9.64. The molecule has 39 heavy (non-hydrogen) atoms. The summed E-state index contributed by atoms with van der Waals surface area (Å²) in [4.78, 5) is 27.0. The first-order valence-electron chi connectivity index (χ1n) is 12.1. The molecule has 1 heterocycles. The first-order valence-corrected chi connectivity index (χ1v) is 12.9. The molecular weight excluding hydrogens is 514 g/mol. The summed E-state index contributed by atoms with van der Waals surface area (Å²) in [5.74, 6) is 0.906. The van der Waals surface area contributed by atoms with E-state index in [0.717, 1.165) is 11.3 Å². The highest BCUT2D eigenvalue weighted by molar-refractivity contribution is 7.07. The number of benzene rings is 3. The maximum absolute atomic E-state index is 13.7. The van der Waals surface area contributed by atoms with Gasteiger partial charge in [-0.2, -0.15) is 5.26 Å². The minimum Gasteiger partial charge on any atom is -0.495 e. The van der Waals surface area contributed by atoms with Crippen molar-refractivity contribution >= 4 is 34.6 Å². The third kappa shape index (κ3) is 6.03. The topological polar surface area (TPSA) is 103 Å². The van der Waals surface area contributed by atoms with Crippen LogP contribution in [0.25, 0.3) is 17.3 Å². The lowest BCUT2D eigenvalue weighted by molar-refractivity contribution is -0.111. The molecule has 0 spiro atoms. The van der Waals surface area contributed by atoms with E-state index in [9.17, 15) is 14.9 Å². The Morgan fingerprint density at radius 3 is 2.33 bits per heavy atom. The molecule has 3 aromatic carbocycles. The summed E-state index contributed by atoms with van der Waals surface area (Å²) in [5, 5.41) is 12.8. The lowest BCUT2D eigenvalue weighted by Gasteiger charge is -2.13. The predicted octanol–water partition coefficient (Wildman–Crippen LogP) is 3.85. The van der Waals surface area contributed by atoms with Gasteiger partial charge in [0, 0.05) is 0 Å². The number of amides is 1. The van der Waals surface area contributed by atoms with Gasteiger partial charge in [-0.25, -0.2) is 0 Å². The normalized spacial score (nSPS) is 12.1. The molecule has 0 aliphatic heterocycles. The lowest BCUT2D eigenvalue weighted by Crippen LogP contribution is -2.32. The monoisotopic (exact) mass is 541 g/mol. The summed E-state index contributed by atoms with van der Waals surface area (Å²) < 4.78 is 18.5. The largest absolute Gasteiger partial charge is 0.495 e. The molecule has 198 valence electrons. The van der Waals surface area contributed by atoms with Gasteiger partial charge in [0.25, 0.3) is 11.5 Å². The minimum atomic E-state index is -0.656. The number of anilines is 1. The fourth-order valence-corrected chi connectivity index (χ4v) is 4.97. The van der Waals surface area contributed by atoms with Crippen LogP contribution in [-0.2, 0) is 4.79 Å². The maximum Gasteiger partial charge on any atom is 0.273 e. The number of ether oxygens (including phenoxy) is 3. The number of nitriles is 1. The van der Waals surface area contributed by atoms with Gasteiger partial charge in [0.1, 0.15) is 16.5 Å². The summed E-state index contributed by atoms with van der Waals surface area (Å²) in [7, 11) is 3.04. The smallest absolute Gasteiger partial charge is 0.273 e. The van der Waals surface area contributed by atoms with Crippen molar-refractivity contribution in [2.45, 2.75) is 20.0 Å². The second-order valence-electron chi connectivity index (χ2n) is 8.61. The van der Waals surface area contributed by atoms with E-state index in [4.69, 9.17) is 14.2 Å². The molecule has 9 heteroatoms. The van der Waals surface area contributed by atoms with Crippen molar-refractivity contribution < 1.29 is 19.0 Å². The molecule has 1 aromatic heterocycles. The lowest BCUT2D eigenvalue weighted by atomic mass is 10.2. The van der Waals surface area contributed by atoms with Gasteiger partial charge in [-0.05, 0) is 61.9 Å². The first-order chi connectivity index (χ1) is 18.9. The highest BCUT2D eigenvalue weighted by atomic mass is 32.1. The Kier molecular flexibility index (Phi) is 8.49. The molecule has 0 bridgehead atoms. The molecule has 4 aromatic rings. The summed E-state index contributed by atoms with van der Waals surface area (Å²) in [5.41, 5.74) is 1.07. The molecule has 0 atom stereocenters. The quantitative estimate of drug-likeness (QED) is 0.364. The Bertz CT molecular complexity index is 1720. The van der Waals surface area contributed by atoms with Crippen LogP contribution in [0.5, 0.6) is 17.2 Å². The van der Waals surface area contributed by atoms with Crippen LogP contribution in [0.2, 0.25) is 0 Å². The molecule has 0 saturated carbocycles. The van der Waals surface area contributed by atoms with Gasteiger partial charge in [0.15, 0.2) is 17.1 Å². The highest BCUT2D eigenvalue weighted by Gasteiger charge is 2.18. The number of para-hydroxylation sites is 3. The molecule has 0 saturated heterocycles. The molecule has 0 aliphatic carbocycles. The van der Waals surface area contributed by atoms with E-state index in [1.54, 1.807) is 73.8 Å². The van der Waals surface area contributed by atoms with Crippen molar-refractivity contribution in [3.63, 3.8) is 0 Å². The molecule has 0 unspecified atom stereocenters. The van der Waals surface area contributed by atoms with E-state index < -0.39 is 5.91 Å². The van der Waals surface area contributed by atoms with Gasteiger partial charge in [0.05, 0.1) is 36.2 Å². The highest BCUT2D eigenvalue weighted by Crippen LogP contribution is 2.29. The predicted molar refractivity (Wildman–Crippen MR) is 152 cm³/mol. The number of nitrogens with one attached hydrogen (secondary N) is 1. The summed E-state index contributed by atoms with van der Waals surface area (Å²) in [6, 6.07) is 23.1. The van der Waals surface area contributed by atoms with E-state index in [2.05, 4.69) is 5.32 Å². The van der Waals surface area contributed by atoms with Crippen LogP contribution in [0.3, 0.4) is 0 Å². The molecule has 1 N–H and O–H groups in total. The van der Waals surface area contributed by atoms with Crippen LogP contribution in [0.15, 0.2) is 77.6 Å². The number of carbonyl (C=O) groups is 1. The second kappa shape index (κ2) is 12.2. The van der Waals surface area contributed by atoms with E-state index in [0.29, 0.717) is 38.7 Å². The standard InChI is InChI=1S/C30H27N3O5S/c1-19(2)38-25-15-14-20(16-26(25)37-4)17-27-29(35)33(21-10-6-5-7-11-21)30(39-27)22(18-31)28(34)32-23-12-8-9-13-24(23)36-3/h5-17,19H,1-4H3,(H,32,34)/b27-17+,30-22+. The van der Waals surface area contributed by atoms with E-state index >= 15 is 0 Å². The van der Waals surface area contributed by atoms with Crippen molar-refractivity contribution in [1.82, 2.24) is 4.57 Å². The number of methoxy groups -OCH3 is 2. The fourth-order valence-electron chi connectivity index (χ4n) is 3.87. The number of hydrogen-bond acceptors (Lipinski definition) is 7. The Balaban J connectivity index is 1.91. The zero-order chi connectivity index (χ0) is 27.9. The molecule has 0 aliphatic rings. The third-order valence-electron chi connectivity index (χ3n) is 5.59. The van der Waals surface area contributed by atoms with E-state index in [1.165, 1.54) is 11.7 Å². The molecule has 0 radical (unpaired) electrons. The van der Waals surface area contributed by atoms with Crippen LogP contribution < -0.4 is 34.3 Å². The number of aromatic nitrogens is 1. The molecule has 8 nitrogen and oxygen atoms in total. The van der Waals surface area contributed by atoms with Crippen molar-refractivity contribution in [2.24, 2.45) is 0 Å². The van der Waals surface area contributed by atoms with Crippen molar-refractivity contribution in [1.29, 1.82) is 5.26 Å². The van der Waals surface area contributed by atoms with Crippen LogP contribution >= 0.6 is 11.3 Å². The van der Waals surface area contributed by atoms with Gasteiger partial charge >= 0.3 is 0 Å². The van der Waals surface area contributed by atoms with Crippen LogP contribution in [-0.4, -0.2) is 30.8 Å². The summed E-state index contributed by atoms with van der Waals surface area (Å²) in [6.07, 6.45) is 1.67. The SMILES string of the molecule is COc1ccccc1NC(=O)/C(C#N)=c1/s/c(=C/c2ccc(OC(C)C)c(OC)c2)c(=O)n1-c1ccccc1. The Morgan fingerprint density at radius 1 is 0.974 bits per heavy atom. The van der Waals surface area contributed by atoms with Gasteiger partial charge < -0.3 is 19.5 Å². The Morgan fingerprint density at radius 2 is 1.67 bits per heavy atom. The molecule has 0 fully saturated rings. The zero-order valence-corrected chi connectivity index (χ0v) is 22.7. The number of nitrogens with zero attached hydrogens (tertiary/aromatic N) is 2. The van der Waals surface area contributed by atoms with Crippen molar-refractivity contribution in [3.8, 4) is 29.0 Å². The first kappa shape index (κ1) is 27.2.